The predicted octanol–water partition coefficient (Wildman–Crippen LogP) is 3.30. The molecule has 0 atom stereocenters. The van der Waals surface area contributed by atoms with Crippen LogP contribution in [0.5, 0.6) is 0 Å². The highest BCUT2D eigenvalue weighted by Crippen LogP contribution is 2.33. The minimum atomic E-state index is 0.712. The first-order valence-corrected chi connectivity index (χ1v) is 5.79. The molecule has 2 heterocycles. The Morgan fingerprint density at radius 1 is 1.27 bits per heavy atom. The van der Waals surface area contributed by atoms with Crippen LogP contribution in [0.4, 0.5) is 0 Å². The Hall–Kier alpha value is -1.31. The van der Waals surface area contributed by atoms with Gasteiger partial charge in [-0.1, -0.05) is 18.9 Å². The van der Waals surface area contributed by atoms with Gasteiger partial charge in [0.2, 0.25) is 0 Å². The Morgan fingerprint density at radius 3 is 2.80 bits per heavy atom. The van der Waals surface area contributed by atoms with E-state index in [0.717, 1.165) is 5.65 Å². The number of aromatic nitrogens is 2. The van der Waals surface area contributed by atoms with Gasteiger partial charge >= 0.3 is 0 Å². The zero-order chi connectivity index (χ0) is 10.3. The SMILES string of the molecule is Cc1cccc2nc(C3CCCC3)cn12. The molecule has 1 aliphatic carbocycles. The molecule has 1 aliphatic rings. The van der Waals surface area contributed by atoms with E-state index in [1.54, 1.807) is 0 Å². The van der Waals surface area contributed by atoms with Gasteiger partial charge in [-0.15, -0.1) is 0 Å². The van der Waals surface area contributed by atoms with Gasteiger partial charge in [-0.3, -0.25) is 0 Å². The Balaban J connectivity index is 2.09. The molecule has 2 heteroatoms. The second-order valence-electron chi connectivity index (χ2n) is 4.54. The number of pyridine rings is 1. The van der Waals surface area contributed by atoms with Gasteiger partial charge in [0, 0.05) is 17.8 Å². The van der Waals surface area contributed by atoms with E-state index in [0.29, 0.717) is 5.92 Å². The van der Waals surface area contributed by atoms with Crippen molar-refractivity contribution in [2.75, 3.05) is 0 Å². The highest BCUT2D eigenvalue weighted by Gasteiger charge is 2.19. The molecule has 2 aromatic heterocycles. The highest BCUT2D eigenvalue weighted by molar-refractivity contribution is 5.42. The summed E-state index contributed by atoms with van der Waals surface area (Å²) >= 11 is 0. The standard InChI is InChI=1S/C13H16N2/c1-10-5-4-8-13-14-12(9-15(10)13)11-6-2-3-7-11/h4-5,8-9,11H,2-3,6-7H2,1H3. The van der Waals surface area contributed by atoms with E-state index in [1.165, 1.54) is 37.1 Å². The Labute approximate surface area is 90.0 Å². The van der Waals surface area contributed by atoms with Crippen LogP contribution in [0, 0.1) is 6.92 Å². The third-order valence-electron chi connectivity index (χ3n) is 3.49. The molecular weight excluding hydrogens is 184 g/mol. The van der Waals surface area contributed by atoms with E-state index in [4.69, 9.17) is 4.98 Å². The average molecular weight is 200 g/mol. The van der Waals surface area contributed by atoms with E-state index in [-0.39, 0.29) is 0 Å². The van der Waals surface area contributed by atoms with E-state index in [1.807, 2.05) is 0 Å². The molecule has 2 nitrogen and oxygen atoms in total. The van der Waals surface area contributed by atoms with E-state index in [9.17, 15) is 0 Å². The van der Waals surface area contributed by atoms with Crippen LogP contribution >= 0.6 is 0 Å². The molecule has 0 saturated heterocycles. The quantitative estimate of drug-likeness (QED) is 0.690. The summed E-state index contributed by atoms with van der Waals surface area (Å²) in [5.41, 5.74) is 3.66. The number of fused-ring (bicyclic) bond motifs is 1. The van der Waals surface area contributed by atoms with Crippen molar-refractivity contribution in [2.45, 2.75) is 38.5 Å². The molecular formula is C13H16N2. The second-order valence-corrected chi connectivity index (χ2v) is 4.54. The molecule has 0 radical (unpaired) electrons. The van der Waals surface area contributed by atoms with Crippen molar-refractivity contribution >= 4 is 5.65 Å². The van der Waals surface area contributed by atoms with Crippen LogP contribution < -0.4 is 0 Å². The molecule has 0 bridgehead atoms. The minimum absolute atomic E-state index is 0.712. The van der Waals surface area contributed by atoms with Crippen molar-refractivity contribution in [3.8, 4) is 0 Å². The number of hydrogen-bond acceptors (Lipinski definition) is 1. The molecule has 0 unspecified atom stereocenters. The molecule has 0 N–H and O–H groups in total. The van der Waals surface area contributed by atoms with Gasteiger partial charge in [0.05, 0.1) is 5.69 Å². The lowest BCUT2D eigenvalue weighted by atomic mass is 10.1. The van der Waals surface area contributed by atoms with Crippen molar-refractivity contribution in [1.29, 1.82) is 0 Å². The molecule has 15 heavy (non-hydrogen) atoms. The third-order valence-corrected chi connectivity index (χ3v) is 3.49. The molecule has 0 aliphatic heterocycles. The summed E-state index contributed by atoms with van der Waals surface area (Å²) in [5, 5.41) is 0. The fourth-order valence-electron chi connectivity index (χ4n) is 2.59. The summed E-state index contributed by atoms with van der Waals surface area (Å²) < 4.78 is 2.20. The molecule has 0 spiro atoms. The van der Waals surface area contributed by atoms with Gasteiger partial charge in [-0.05, 0) is 31.9 Å². The maximum atomic E-state index is 4.72. The second kappa shape index (κ2) is 3.37. The summed E-state index contributed by atoms with van der Waals surface area (Å²) in [6.07, 6.45) is 7.61. The minimum Gasteiger partial charge on any atom is -0.304 e. The lowest BCUT2D eigenvalue weighted by Crippen LogP contribution is -1.91. The number of imidazole rings is 1. The van der Waals surface area contributed by atoms with Crippen LogP contribution in [0.25, 0.3) is 5.65 Å². The van der Waals surface area contributed by atoms with Crippen LogP contribution in [0.3, 0.4) is 0 Å². The third kappa shape index (κ3) is 1.44. The lowest BCUT2D eigenvalue weighted by molar-refractivity contribution is 0.703. The maximum absolute atomic E-state index is 4.72. The van der Waals surface area contributed by atoms with Crippen LogP contribution in [-0.4, -0.2) is 9.38 Å². The first-order chi connectivity index (χ1) is 7.34. The molecule has 1 fully saturated rings. The summed E-state index contributed by atoms with van der Waals surface area (Å²) in [5.74, 6) is 0.712. The summed E-state index contributed by atoms with van der Waals surface area (Å²) in [4.78, 5) is 4.72. The smallest absolute Gasteiger partial charge is 0.137 e. The molecule has 1 saturated carbocycles. The fraction of sp³-hybridized carbons (Fsp3) is 0.462. The molecule has 78 valence electrons. The number of nitrogens with zero attached hydrogens (tertiary/aromatic N) is 2. The number of rotatable bonds is 1. The molecule has 0 aromatic carbocycles. The average Bonchev–Trinajstić information content (AvgIpc) is 2.86. The fourth-order valence-corrected chi connectivity index (χ4v) is 2.59. The predicted molar refractivity (Wildman–Crippen MR) is 61.1 cm³/mol. The first kappa shape index (κ1) is 8.96. The zero-order valence-corrected chi connectivity index (χ0v) is 9.11. The summed E-state index contributed by atoms with van der Waals surface area (Å²) in [6.45, 7) is 2.13. The number of hydrogen-bond donors (Lipinski definition) is 0. The van der Waals surface area contributed by atoms with E-state index in [2.05, 4.69) is 35.7 Å². The monoisotopic (exact) mass is 200 g/mol. The van der Waals surface area contributed by atoms with Gasteiger partial charge in [-0.2, -0.15) is 0 Å². The lowest BCUT2D eigenvalue weighted by Gasteiger charge is -2.02. The van der Waals surface area contributed by atoms with Crippen LogP contribution in [0.1, 0.15) is 43.0 Å². The van der Waals surface area contributed by atoms with Crippen molar-refractivity contribution in [2.24, 2.45) is 0 Å². The van der Waals surface area contributed by atoms with Crippen molar-refractivity contribution in [3.63, 3.8) is 0 Å². The van der Waals surface area contributed by atoms with Crippen molar-refractivity contribution in [1.82, 2.24) is 9.38 Å². The first-order valence-electron chi connectivity index (χ1n) is 5.79. The molecule has 2 aromatic rings. The Kier molecular flexibility index (Phi) is 2.01. The largest absolute Gasteiger partial charge is 0.304 e. The van der Waals surface area contributed by atoms with Crippen LogP contribution in [0.2, 0.25) is 0 Å². The summed E-state index contributed by atoms with van der Waals surface area (Å²) in [7, 11) is 0. The van der Waals surface area contributed by atoms with E-state index < -0.39 is 0 Å². The number of aryl methyl sites for hydroxylation is 1. The van der Waals surface area contributed by atoms with Crippen molar-refractivity contribution in [3.05, 3.63) is 35.8 Å². The van der Waals surface area contributed by atoms with Crippen LogP contribution in [-0.2, 0) is 0 Å². The van der Waals surface area contributed by atoms with Gasteiger partial charge in [-0.25, -0.2) is 4.98 Å². The van der Waals surface area contributed by atoms with Gasteiger partial charge < -0.3 is 4.40 Å². The highest BCUT2D eigenvalue weighted by atomic mass is 15.0. The maximum Gasteiger partial charge on any atom is 0.137 e. The Bertz CT molecular complexity index is 478. The normalized spacial score (nSPS) is 17.7. The summed E-state index contributed by atoms with van der Waals surface area (Å²) in [6, 6.07) is 6.30. The Morgan fingerprint density at radius 2 is 2.07 bits per heavy atom. The topological polar surface area (TPSA) is 17.3 Å². The van der Waals surface area contributed by atoms with Gasteiger partial charge in [0.15, 0.2) is 0 Å². The van der Waals surface area contributed by atoms with E-state index >= 15 is 0 Å². The van der Waals surface area contributed by atoms with Crippen molar-refractivity contribution < 1.29 is 0 Å². The zero-order valence-electron chi connectivity index (χ0n) is 9.11. The van der Waals surface area contributed by atoms with Gasteiger partial charge in [0.1, 0.15) is 5.65 Å². The molecule has 3 rings (SSSR count). The van der Waals surface area contributed by atoms with Gasteiger partial charge in [0.25, 0.3) is 0 Å². The van der Waals surface area contributed by atoms with Crippen LogP contribution in [0.15, 0.2) is 24.4 Å². The molecule has 0 amide bonds.